The van der Waals surface area contributed by atoms with Crippen LogP contribution in [0.25, 0.3) is 0 Å². The van der Waals surface area contributed by atoms with Crippen LogP contribution in [0.2, 0.25) is 0 Å². The Bertz CT molecular complexity index is 1060. The van der Waals surface area contributed by atoms with Gasteiger partial charge >= 0.3 is 0 Å². The van der Waals surface area contributed by atoms with Crippen molar-refractivity contribution in [1.82, 2.24) is 10.2 Å². The molecule has 0 saturated carbocycles. The topological polar surface area (TPSA) is 49.4 Å². The number of nitrogens with one attached hydrogen (secondary N) is 1. The molecule has 0 spiro atoms. The summed E-state index contributed by atoms with van der Waals surface area (Å²) in [6.07, 6.45) is 0.108. The maximum atomic E-state index is 13.5. The van der Waals surface area contributed by atoms with Crippen LogP contribution < -0.4 is 5.32 Å². The van der Waals surface area contributed by atoms with E-state index in [1.165, 1.54) is 12.1 Å². The Balaban J connectivity index is 1.52. The number of rotatable bonds is 6. The molecule has 2 amide bonds. The first-order valence-corrected chi connectivity index (χ1v) is 9.98. The van der Waals surface area contributed by atoms with E-state index in [0.29, 0.717) is 18.7 Å². The number of carbonyl (C=O) groups is 2. The molecule has 0 bridgehead atoms. The summed E-state index contributed by atoms with van der Waals surface area (Å²) >= 11 is 0. The highest BCUT2D eigenvalue weighted by atomic mass is 19.1. The summed E-state index contributed by atoms with van der Waals surface area (Å²) < 4.78 is 13.5. The van der Waals surface area contributed by atoms with Gasteiger partial charge in [-0.25, -0.2) is 4.39 Å². The molecule has 0 aliphatic carbocycles. The predicted molar refractivity (Wildman–Crippen MR) is 113 cm³/mol. The Hall–Kier alpha value is -3.47. The summed E-state index contributed by atoms with van der Waals surface area (Å²) in [6.45, 7) is 2.87. The fourth-order valence-corrected chi connectivity index (χ4v) is 3.78. The second-order valence-electron chi connectivity index (χ2n) is 7.62. The van der Waals surface area contributed by atoms with E-state index >= 15 is 0 Å². The molecule has 1 aliphatic rings. The third kappa shape index (κ3) is 4.25. The summed E-state index contributed by atoms with van der Waals surface area (Å²) in [7, 11) is 0. The largest absolute Gasteiger partial charge is 0.352 e. The monoisotopic (exact) mass is 402 g/mol. The van der Waals surface area contributed by atoms with Crippen LogP contribution in [0.15, 0.2) is 72.8 Å². The molecule has 3 aromatic carbocycles. The second kappa shape index (κ2) is 8.49. The molecule has 0 aromatic heterocycles. The first-order valence-electron chi connectivity index (χ1n) is 9.98. The molecule has 0 radical (unpaired) electrons. The summed E-state index contributed by atoms with van der Waals surface area (Å²) in [5.41, 5.74) is 4.51. The van der Waals surface area contributed by atoms with Crippen LogP contribution in [-0.2, 0) is 17.9 Å². The number of carbonyl (C=O) groups excluding carboxylic acids is 2. The van der Waals surface area contributed by atoms with Gasteiger partial charge in [0.25, 0.3) is 5.91 Å². The van der Waals surface area contributed by atoms with Gasteiger partial charge in [0.1, 0.15) is 5.82 Å². The fraction of sp³-hybridized carbons (Fsp3) is 0.200. The second-order valence-corrected chi connectivity index (χ2v) is 7.62. The Morgan fingerprint density at radius 2 is 1.73 bits per heavy atom. The predicted octanol–water partition coefficient (Wildman–Crippen LogP) is 4.54. The van der Waals surface area contributed by atoms with Gasteiger partial charge in [-0.1, -0.05) is 60.2 Å². The van der Waals surface area contributed by atoms with Crippen LogP contribution in [-0.4, -0.2) is 16.7 Å². The standard InChI is InChI=1S/C25H23FN2O2/c1-17-6-8-18(9-7-17)15-27-24(29)14-23(19-10-12-21(26)13-11-19)28-16-20-4-2-3-5-22(20)25(28)30/h2-13,23H,14-16H2,1H3,(H,27,29)/t23-/m1/s1. The molecular weight excluding hydrogens is 379 g/mol. The lowest BCUT2D eigenvalue weighted by molar-refractivity contribution is -0.122. The minimum Gasteiger partial charge on any atom is -0.352 e. The summed E-state index contributed by atoms with van der Waals surface area (Å²) in [4.78, 5) is 27.4. The average Bonchev–Trinajstić information content (AvgIpc) is 3.09. The maximum absolute atomic E-state index is 13.5. The Morgan fingerprint density at radius 3 is 2.43 bits per heavy atom. The first kappa shape index (κ1) is 19.8. The zero-order valence-corrected chi connectivity index (χ0v) is 16.8. The molecule has 1 atom stereocenters. The van der Waals surface area contributed by atoms with Gasteiger partial charge in [0.05, 0.1) is 12.5 Å². The number of fused-ring (bicyclic) bond motifs is 1. The van der Waals surface area contributed by atoms with E-state index in [2.05, 4.69) is 5.32 Å². The summed E-state index contributed by atoms with van der Waals surface area (Å²) in [5, 5.41) is 2.94. The van der Waals surface area contributed by atoms with Gasteiger partial charge in [-0.15, -0.1) is 0 Å². The molecule has 0 saturated heterocycles. The molecular formula is C25H23FN2O2. The highest BCUT2D eigenvalue weighted by Crippen LogP contribution is 2.33. The molecule has 0 unspecified atom stereocenters. The average molecular weight is 402 g/mol. The number of nitrogens with zero attached hydrogens (tertiary/aromatic N) is 1. The molecule has 0 fully saturated rings. The van der Waals surface area contributed by atoms with Crippen molar-refractivity contribution in [3.05, 3.63) is 106 Å². The zero-order chi connectivity index (χ0) is 21.1. The highest BCUT2D eigenvalue weighted by molar-refractivity contribution is 5.98. The number of benzene rings is 3. The van der Waals surface area contributed by atoms with Crippen LogP contribution in [0.1, 0.15) is 45.1 Å². The molecule has 4 nitrogen and oxygen atoms in total. The van der Waals surface area contributed by atoms with Crippen molar-refractivity contribution in [2.45, 2.75) is 32.5 Å². The number of aryl methyl sites for hydroxylation is 1. The minimum absolute atomic E-state index is 0.105. The van der Waals surface area contributed by atoms with Gasteiger partial charge in [-0.3, -0.25) is 9.59 Å². The third-order valence-corrected chi connectivity index (χ3v) is 5.47. The number of amides is 2. The third-order valence-electron chi connectivity index (χ3n) is 5.47. The first-order chi connectivity index (χ1) is 14.5. The van der Waals surface area contributed by atoms with Crippen molar-refractivity contribution in [1.29, 1.82) is 0 Å². The van der Waals surface area contributed by atoms with Gasteiger partial charge in [0.2, 0.25) is 5.91 Å². The van der Waals surface area contributed by atoms with Gasteiger partial charge in [-0.05, 0) is 41.8 Å². The van der Waals surface area contributed by atoms with Crippen molar-refractivity contribution in [2.24, 2.45) is 0 Å². The van der Waals surface area contributed by atoms with E-state index < -0.39 is 6.04 Å². The van der Waals surface area contributed by atoms with Crippen LogP contribution in [0.4, 0.5) is 4.39 Å². The molecule has 4 rings (SSSR count). The molecule has 1 heterocycles. The summed E-state index contributed by atoms with van der Waals surface area (Å²) in [6, 6.07) is 21.0. The highest BCUT2D eigenvalue weighted by Gasteiger charge is 2.34. The Labute approximate surface area is 175 Å². The number of halogens is 1. The molecule has 1 aliphatic heterocycles. The van der Waals surface area contributed by atoms with E-state index in [1.54, 1.807) is 23.1 Å². The van der Waals surface area contributed by atoms with E-state index in [1.807, 2.05) is 49.4 Å². The van der Waals surface area contributed by atoms with E-state index in [4.69, 9.17) is 0 Å². The van der Waals surface area contributed by atoms with Gasteiger partial charge in [-0.2, -0.15) is 0 Å². The maximum Gasteiger partial charge on any atom is 0.255 e. The smallest absolute Gasteiger partial charge is 0.255 e. The van der Waals surface area contributed by atoms with Gasteiger partial charge < -0.3 is 10.2 Å². The van der Waals surface area contributed by atoms with Crippen LogP contribution in [0.3, 0.4) is 0 Å². The quantitative estimate of drug-likeness (QED) is 0.658. The SMILES string of the molecule is Cc1ccc(CNC(=O)C[C@H](c2ccc(F)cc2)N2Cc3ccccc3C2=O)cc1. The Morgan fingerprint density at radius 1 is 1.03 bits per heavy atom. The summed E-state index contributed by atoms with van der Waals surface area (Å²) in [5.74, 6) is -0.614. The lowest BCUT2D eigenvalue weighted by atomic mass is 10.0. The molecule has 30 heavy (non-hydrogen) atoms. The number of hydrogen-bond acceptors (Lipinski definition) is 2. The van der Waals surface area contributed by atoms with E-state index in [-0.39, 0.29) is 24.1 Å². The van der Waals surface area contributed by atoms with E-state index in [9.17, 15) is 14.0 Å². The van der Waals surface area contributed by atoms with Crippen molar-refractivity contribution < 1.29 is 14.0 Å². The van der Waals surface area contributed by atoms with Crippen molar-refractivity contribution >= 4 is 11.8 Å². The van der Waals surface area contributed by atoms with Crippen molar-refractivity contribution in [3.63, 3.8) is 0 Å². The molecule has 152 valence electrons. The number of hydrogen-bond donors (Lipinski definition) is 1. The van der Waals surface area contributed by atoms with Crippen LogP contribution >= 0.6 is 0 Å². The Kier molecular flexibility index (Phi) is 5.61. The molecule has 5 heteroatoms. The lowest BCUT2D eigenvalue weighted by Crippen LogP contribution is -2.34. The van der Waals surface area contributed by atoms with Crippen molar-refractivity contribution in [2.75, 3.05) is 0 Å². The van der Waals surface area contributed by atoms with E-state index in [0.717, 1.165) is 22.3 Å². The molecule has 3 aromatic rings. The van der Waals surface area contributed by atoms with Gasteiger partial charge in [0, 0.05) is 18.7 Å². The lowest BCUT2D eigenvalue weighted by Gasteiger charge is -2.28. The zero-order valence-electron chi connectivity index (χ0n) is 16.8. The van der Waals surface area contributed by atoms with Crippen molar-refractivity contribution in [3.8, 4) is 0 Å². The van der Waals surface area contributed by atoms with Crippen LogP contribution in [0.5, 0.6) is 0 Å². The molecule has 1 N–H and O–H groups in total. The fourth-order valence-electron chi connectivity index (χ4n) is 3.78. The normalized spacial score (nSPS) is 13.8. The van der Waals surface area contributed by atoms with Crippen LogP contribution in [0, 0.1) is 12.7 Å². The van der Waals surface area contributed by atoms with Gasteiger partial charge in [0.15, 0.2) is 0 Å². The minimum atomic E-state index is -0.469.